The molecule has 1 atom stereocenters. The lowest BCUT2D eigenvalue weighted by atomic mass is 10.0. The number of aryl methyl sites for hydroxylation is 2. The minimum Gasteiger partial charge on any atom is -0.396 e. The zero-order valence-electron chi connectivity index (χ0n) is 11.9. The van der Waals surface area contributed by atoms with Crippen LogP contribution in [0.3, 0.4) is 0 Å². The Labute approximate surface area is 115 Å². The molecule has 2 rings (SSSR count). The summed E-state index contributed by atoms with van der Waals surface area (Å²) in [7, 11) is 0. The van der Waals surface area contributed by atoms with Gasteiger partial charge in [-0.25, -0.2) is 0 Å². The molecule has 104 valence electrons. The molecule has 0 aliphatic carbocycles. The normalized spacial score (nSPS) is 19.8. The fourth-order valence-electron chi connectivity index (χ4n) is 2.80. The molecule has 3 nitrogen and oxygen atoms in total. The van der Waals surface area contributed by atoms with E-state index in [0.717, 1.165) is 42.7 Å². The standard InChI is InChI=1S/C16H23NO2/c1-12-7-13(2)9-15(8-12)16(19)4-6-17-5-3-14(10-17)11-18/h7-9,14,18H,3-6,10-11H2,1-2H3. The van der Waals surface area contributed by atoms with Crippen LogP contribution in [0, 0.1) is 19.8 Å². The van der Waals surface area contributed by atoms with Crippen LogP contribution in [0.4, 0.5) is 0 Å². The third-order valence-electron chi connectivity index (χ3n) is 3.83. The molecule has 1 aromatic carbocycles. The number of rotatable bonds is 5. The van der Waals surface area contributed by atoms with Gasteiger partial charge in [-0.3, -0.25) is 4.79 Å². The summed E-state index contributed by atoms with van der Waals surface area (Å²) in [5, 5.41) is 9.11. The number of Topliss-reactive ketones (excluding diaryl/α,β-unsaturated/α-hetero) is 1. The first kappa shape index (κ1) is 14.2. The van der Waals surface area contributed by atoms with Crippen molar-refractivity contribution >= 4 is 5.78 Å². The van der Waals surface area contributed by atoms with Crippen molar-refractivity contribution in [3.63, 3.8) is 0 Å². The molecule has 1 N–H and O–H groups in total. The number of hydrogen-bond acceptors (Lipinski definition) is 3. The van der Waals surface area contributed by atoms with Gasteiger partial charge >= 0.3 is 0 Å². The maximum atomic E-state index is 12.2. The predicted molar refractivity (Wildman–Crippen MR) is 76.5 cm³/mol. The fourth-order valence-corrected chi connectivity index (χ4v) is 2.80. The number of carbonyl (C=O) groups excluding carboxylic acids is 1. The van der Waals surface area contributed by atoms with Gasteiger partial charge in [0.1, 0.15) is 0 Å². The zero-order valence-corrected chi connectivity index (χ0v) is 11.9. The Kier molecular flexibility index (Phi) is 4.72. The Morgan fingerprint density at radius 2 is 2.00 bits per heavy atom. The largest absolute Gasteiger partial charge is 0.396 e. The number of benzene rings is 1. The van der Waals surface area contributed by atoms with Crippen molar-refractivity contribution in [2.75, 3.05) is 26.2 Å². The van der Waals surface area contributed by atoms with E-state index in [-0.39, 0.29) is 12.4 Å². The van der Waals surface area contributed by atoms with Gasteiger partial charge in [0.05, 0.1) is 0 Å². The van der Waals surface area contributed by atoms with E-state index in [2.05, 4.69) is 11.0 Å². The first-order valence-electron chi connectivity index (χ1n) is 7.03. The van der Waals surface area contributed by atoms with Gasteiger partial charge in [-0.05, 0) is 44.9 Å². The Balaban J connectivity index is 1.87. The number of nitrogens with zero attached hydrogens (tertiary/aromatic N) is 1. The molecule has 1 aliphatic rings. The van der Waals surface area contributed by atoms with E-state index < -0.39 is 0 Å². The van der Waals surface area contributed by atoms with Crippen molar-refractivity contribution in [2.45, 2.75) is 26.7 Å². The van der Waals surface area contributed by atoms with Gasteiger partial charge in [0.15, 0.2) is 5.78 Å². The summed E-state index contributed by atoms with van der Waals surface area (Å²) >= 11 is 0. The van der Waals surface area contributed by atoms with Gasteiger partial charge in [-0.15, -0.1) is 0 Å². The summed E-state index contributed by atoms with van der Waals surface area (Å²) in [6.45, 7) is 7.05. The molecular weight excluding hydrogens is 238 g/mol. The van der Waals surface area contributed by atoms with Crippen molar-refractivity contribution in [2.24, 2.45) is 5.92 Å². The summed E-state index contributed by atoms with van der Waals surface area (Å²) in [6.07, 6.45) is 1.62. The van der Waals surface area contributed by atoms with Crippen LogP contribution in [0.1, 0.15) is 34.3 Å². The van der Waals surface area contributed by atoms with Crippen molar-refractivity contribution < 1.29 is 9.90 Å². The second-order valence-corrected chi connectivity index (χ2v) is 5.69. The molecule has 0 aromatic heterocycles. The van der Waals surface area contributed by atoms with Gasteiger partial charge in [-0.1, -0.05) is 17.2 Å². The third-order valence-corrected chi connectivity index (χ3v) is 3.83. The van der Waals surface area contributed by atoms with E-state index in [1.54, 1.807) is 0 Å². The number of ketones is 1. The topological polar surface area (TPSA) is 40.5 Å². The lowest BCUT2D eigenvalue weighted by Gasteiger charge is -2.15. The molecule has 1 heterocycles. The molecule has 0 amide bonds. The summed E-state index contributed by atoms with van der Waals surface area (Å²) in [5.41, 5.74) is 3.12. The van der Waals surface area contributed by atoms with Gasteiger partial charge in [0, 0.05) is 31.7 Å². The maximum absolute atomic E-state index is 12.2. The Morgan fingerprint density at radius 1 is 1.32 bits per heavy atom. The van der Waals surface area contributed by atoms with Crippen LogP contribution in [0.15, 0.2) is 18.2 Å². The summed E-state index contributed by atoms with van der Waals surface area (Å²) < 4.78 is 0. The van der Waals surface area contributed by atoms with Crippen LogP contribution in [-0.2, 0) is 0 Å². The average Bonchev–Trinajstić information content (AvgIpc) is 2.82. The van der Waals surface area contributed by atoms with Crippen LogP contribution in [-0.4, -0.2) is 42.0 Å². The summed E-state index contributed by atoms with van der Waals surface area (Å²) in [4.78, 5) is 14.5. The molecule has 19 heavy (non-hydrogen) atoms. The van der Waals surface area contributed by atoms with E-state index in [1.807, 2.05) is 26.0 Å². The van der Waals surface area contributed by atoms with Crippen molar-refractivity contribution in [1.29, 1.82) is 0 Å². The minimum atomic E-state index is 0.222. The smallest absolute Gasteiger partial charge is 0.164 e. The lowest BCUT2D eigenvalue weighted by molar-refractivity contribution is 0.0967. The molecule has 0 spiro atoms. The molecule has 1 saturated heterocycles. The second kappa shape index (κ2) is 6.31. The van der Waals surface area contributed by atoms with Crippen molar-refractivity contribution in [1.82, 2.24) is 4.90 Å². The van der Waals surface area contributed by atoms with Crippen LogP contribution in [0.5, 0.6) is 0 Å². The maximum Gasteiger partial charge on any atom is 0.164 e. The highest BCUT2D eigenvalue weighted by Crippen LogP contribution is 2.16. The van der Waals surface area contributed by atoms with E-state index in [9.17, 15) is 4.79 Å². The van der Waals surface area contributed by atoms with Gasteiger partial charge in [-0.2, -0.15) is 0 Å². The van der Waals surface area contributed by atoms with E-state index in [4.69, 9.17) is 5.11 Å². The quantitative estimate of drug-likeness (QED) is 0.826. The Morgan fingerprint density at radius 3 is 2.58 bits per heavy atom. The highest BCUT2D eigenvalue weighted by atomic mass is 16.3. The number of likely N-dealkylation sites (tertiary alicyclic amines) is 1. The SMILES string of the molecule is Cc1cc(C)cc(C(=O)CCN2CCC(CO)C2)c1. The first-order chi connectivity index (χ1) is 9.08. The molecule has 1 aliphatic heterocycles. The number of carbonyl (C=O) groups is 1. The Hall–Kier alpha value is -1.19. The van der Waals surface area contributed by atoms with Crippen molar-refractivity contribution in [3.05, 3.63) is 34.9 Å². The van der Waals surface area contributed by atoms with Crippen molar-refractivity contribution in [3.8, 4) is 0 Å². The number of hydrogen-bond donors (Lipinski definition) is 1. The zero-order chi connectivity index (χ0) is 13.8. The first-order valence-corrected chi connectivity index (χ1v) is 7.03. The van der Waals surface area contributed by atoms with Gasteiger partial charge < -0.3 is 10.0 Å². The number of aliphatic hydroxyl groups excluding tert-OH is 1. The molecule has 0 saturated carbocycles. The molecule has 3 heteroatoms. The number of aliphatic hydroxyl groups is 1. The molecule has 0 bridgehead atoms. The highest BCUT2D eigenvalue weighted by Gasteiger charge is 2.22. The Bertz CT molecular complexity index is 436. The second-order valence-electron chi connectivity index (χ2n) is 5.69. The molecule has 0 radical (unpaired) electrons. The fraction of sp³-hybridized carbons (Fsp3) is 0.562. The predicted octanol–water partition coefficient (Wildman–Crippen LogP) is 2.19. The van der Waals surface area contributed by atoms with Crippen LogP contribution >= 0.6 is 0 Å². The molecule has 1 fully saturated rings. The van der Waals surface area contributed by atoms with Crippen LogP contribution in [0.2, 0.25) is 0 Å². The van der Waals surface area contributed by atoms with Gasteiger partial charge in [0.25, 0.3) is 0 Å². The van der Waals surface area contributed by atoms with E-state index in [1.165, 1.54) is 0 Å². The molecular formula is C16H23NO2. The van der Waals surface area contributed by atoms with Crippen LogP contribution < -0.4 is 0 Å². The third kappa shape index (κ3) is 3.88. The highest BCUT2D eigenvalue weighted by molar-refractivity contribution is 5.96. The van der Waals surface area contributed by atoms with Gasteiger partial charge in [0.2, 0.25) is 0 Å². The van der Waals surface area contributed by atoms with E-state index >= 15 is 0 Å². The van der Waals surface area contributed by atoms with E-state index in [0.29, 0.717) is 12.3 Å². The molecule has 1 aromatic rings. The monoisotopic (exact) mass is 261 g/mol. The summed E-state index contributed by atoms with van der Waals surface area (Å²) in [6, 6.07) is 6.02. The minimum absolute atomic E-state index is 0.222. The molecule has 1 unspecified atom stereocenters. The summed E-state index contributed by atoms with van der Waals surface area (Å²) in [5.74, 6) is 0.621. The lowest BCUT2D eigenvalue weighted by Crippen LogP contribution is -2.24. The average molecular weight is 261 g/mol. The van der Waals surface area contributed by atoms with Crippen LogP contribution in [0.25, 0.3) is 0 Å².